The topological polar surface area (TPSA) is 220 Å². The van der Waals surface area contributed by atoms with E-state index >= 15 is 0 Å². The summed E-state index contributed by atoms with van der Waals surface area (Å²) in [6.07, 6.45) is 0.234. The number of benzene rings is 4. The highest BCUT2D eigenvalue weighted by atomic mass is 35.5. The second-order valence-electron chi connectivity index (χ2n) is 13.4. The van der Waals surface area contributed by atoms with Crippen molar-refractivity contribution in [2.45, 2.75) is 37.1 Å². The number of aryl methyl sites for hydroxylation is 2. The van der Waals surface area contributed by atoms with Crippen molar-refractivity contribution in [2.75, 3.05) is 0 Å². The minimum absolute atomic E-state index is 0. The van der Waals surface area contributed by atoms with Gasteiger partial charge in [0.05, 0.1) is 23.2 Å². The predicted molar refractivity (Wildman–Crippen MR) is 218 cm³/mol. The van der Waals surface area contributed by atoms with E-state index in [9.17, 15) is 38.2 Å². The Morgan fingerprint density at radius 2 is 0.966 bits per heavy atom. The van der Waals surface area contributed by atoms with Gasteiger partial charge in [-0.05, 0) is 48.2 Å². The molecule has 4 aromatic carbocycles. The molecule has 4 atom stereocenters. The SMILES string of the molecule is Cl.Cn1cc(C(=O)NC(Cc2ccccc2)C(O)C(N)=O)c(-c2cccc(F)c2)n1.Cn1cc(C(=O)NC(Cc2ccccc2)C(O)C(N)=O)c(-c2cccc(F)c2)n1. The zero-order valence-corrected chi connectivity index (χ0v) is 32.7. The molecule has 0 saturated heterocycles. The molecular weight excluding hydrogens is 786 g/mol. The lowest BCUT2D eigenvalue weighted by atomic mass is 10.00. The molecule has 0 spiro atoms. The summed E-state index contributed by atoms with van der Waals surface area (Å²) in [7, 11) is 3.28. The van der Waals surface area contributed by atoms with Gasteiger partial charge in [-0.2, -0.15) is 10.2 Å². The van der Waals surface area contributed by atoms with E-state index in [1.807, 2.05) is 60.7 Å². The maximum absolute atomic E-state index is 13.6. The largest absolute Gasteiger partial charge is 0.381 e. The average molecular weight is 829 g/mol. The Balaban J connectivity index is 0.000000256. The van der Waals surface area contributed by atoms with Crippen LogP contribution in [0.4, 0.5) is 8.78 Å². The molecular formula is C42H43ClF2N8O6. The highest BCUT2D eigenvalue weighted by molar-refractivity contribution is 6.01. The number of halogens is 3. The Morgan fingerprint density at radius 3 is 1.29 bits per heavy atom. The normalized spacial score (nSPS) is 12.7. The molecule has 4 amide bonds. The zero-order valence-electron chi connectivity index (χ0n) is 31.9. The fraction of sp³-hybridized carbons (Fsp3) is 0.190. The van der Waals surface area contributed by atoms with Crippen molar-refractivity contribution < 1.29 is 38.2 Å². The number of hydrogen-bond acceptors (Lipinski definition) is 8. The first kappa shape index (κ1) is 45.0. The summed E-state index contributed by atoms with van der Waals surface area (Å²) in [5, 5.41) is 34.3. The molecule has 0 aliphatic rings. The lowest BCUT2D eigenvalue weighted by Crippen LogP contribution is -2.50. The maximum Gasteiger partial charge on any atom is 0.255 e. The molecule has 6 aromatic rings. The summed E-state index contributed by atoms with van der Waals surface area (Å²) in [6, 6.07) is 27.8. The van der Waals surface area contributed by atoms with Gasteiger partial charge in [0.2, 0.25) is 11.8 Å². The van der Waals surface area contributed by atoms with E-state index in [-0.39, 0.29) is 47.8 Å². The smallest absolute Gasteiger partial charge is 0.255 e. The summed E-state index contributed by atoms with van der Waals surface area (Å²) >= 11 is 0. The quantitative estimate of drug-likeness (QED) is 0.0955. The van der Waals surface area contributed by atoms with Gasteiger partial charge in [0.25, 0.3) is 11.8 Å². The van der Waals surface area contributed by atoms with Crippen LogP contribution in [0.5, 0.6) is 0 Å². The molecule has 2 aromatic heterocycles. The van der Waals surface area contributed by atoms with E-state index in [4.69, 9.17) is 11.5 Å². The maximum atomic E-state index is 13.6. The van der Waals surface area contributed by atoms with Gasteiger partial charge in [0.15, 0.2) is 12.2 Å². The van der Waals surface area contributed by atoms with Crippen LogP contribution in [0.2, 0.25) is 0 Å². The van der Waals surface area contributed by atoms with Gasteiger partial charge in [0, 0.05) is 37.6 Å². The molecule has 0 fully saturated rings. The number of aliphatic hydroxyl groups excluding tert-OH is 2. The van der Waals surface area contributed by atoms with Crippen molar-refractivity contribution in [3.63, 3.8) is 0 Å². The minimum atomic E-state index is -1.58. The molecule has 4 unspecified atom stereocenters. The summed E-state index contributed by atoms with van der Waals surface area (Å²) in [4.78, 5) is 49.0. The molecule has 17 heteroatoms. The van der Waals surface area contributed by atoms with Crippen molar-refractivity contribution in [3.8, 4) is 22.5 Å². The van der Waals surface area contributed by atoms with Crippen LogP contribution in [0.25, 0.3) is 22.5 Å². The lowest BCUT2D eigenvalue weighted by molar-refractivity contribution is -0.127. The number of rotatable bonds is 14. The van der Waals surface area contributed by atoms with E-state index in [1.54, 1.807) is 26.2 Å². The number of carbonyl (C=O) groups excluding carboxylic acids is 4. The standard InChI is InChI=1S/2C21H21FN4O3.ClH/c2*1-26-12-16(18(25-26)14-8-5-9-15(22)11-14)21(29)24-17(19(27)20(23)28)10-13-6-3-2-4-7-13;/h2*2-9,11-12,17,19,27H,10H2,1H3,(H2,23,28)(H,24,29);1H. The number of aromatic nitrogens is 4. The first-order valence-corrected chi connectivity index (χ1v) is 17.9. The summed E-state index contributed by atoms with van der Waals surface area (Å²) in [5.74, 6) is -3.90. The van der Waals surface area contributed by atoms with E-state index in [2.05, 4.69) is 20.8 Å². The van der Waals surface area contributed by atoms with E-state index in [1.165, 1.54) is 58.2 Å². The molecule has 0 radical (unpaired) electrons. The number of nitrogens with one attached hydrogen (secondary N) is 2. The number of aliphatic hydroxyl groups is 2. The van der Waals surface area contributed by atoms with Gasteiger partial charge in [-0.1, -0.05) is 84.9 Å². The monoisotopic (exact) mass is 828 g/mol. The van der Waals surface area contributed by atoms with Crippen molar-refractivity contribution in [1.29, 1.82) is 0 Å². The van der Waals surface area contributed by atoms with Crippen LogP contribution in [-0.2, 0) is 36.5 Å². The summed E-state index contributed by atoms with van der Waals surface area (Å²) < 4.78 is 30.1. The molecule has 308 valence electrons. The Hall–Kier alpha value is -6.75. The Morgan fingerprint density at radius 1 is 0.610 bits per heavy atom. The highest BCUT2D eigenvalue weighted by Gasteiger charge is 2.30. The van der Waals surface area contributed by atoms with Crippen LogP contribution in [0, 0.1) is 11.6 Å². The molecule has 0 aliphatic carbocycles. The highest BCUT2D eigenvalue weighted by Crippen LogP contribution is 2.24. The lowest BCUT2D eigenvalue weighted by Gasteiger charge is -2.22. The number of amides is 4. The molecule has 59 heavy (non-hydrogen) atoms. The van der Waals surface area contributed by atoms with Crippen molar-refractivity contribution in [1.82, 2.24) is 30.2 Å². The van der Waals surface area contributed by atoms with Gasteiger partial charge in [-0.25, -0.2) is 8.78 Å². The van der Waals surface area contributed by atoms with Crippen LogP contribution < -0.4 is 22.1 Å². The van der Waals surface area contributed by atoms with Crippen molar-refractivity contribution >= 4 is 36.0 Å². The second kappa shape index (κ2) is 20.6. The number of carbonyl (C=O) groups is 4. The third kappa shape index (κ3) is 12.1. The van der Waals surface area contributed by atoms with Crippen LogP contribution in [-0.4, -0.2) is 77.7 Å². The molecule has 0 bridgehead atoms. The first-order valence-electron chi connectivity index (χ1n) is 17.9. The van der Waals surface area contributed by atoms with Crippen LogP contribution in [0.15, 0.2) is 122 Å². The summed E-state index contributed by atoms with van der Waals surface area (Å²) in [5.41, 5.74) is 13.9. The van der Waals surface area contributed by atoms with E-state index in [0.29, 0.717) is 11.1 Å². The fourth-order valence-electron chi connectivity index (χ4n) is 6.12. The third-order valence-corrected chi connectivity index (χ3v) is 8.92. The van der Waals surface area contributed by atoms with E-state index < -0.39 is 59.6 Å². The molecule has 8 N–H and O–H groups in total. The van der Waals surface area contributed by atoms with Crippen molar-refractivity contribution in [2.24, 2.45) is 25.6 Å². The molecule has 0 saturated carbocycles. The molecule has 14 nitrogen and oxygen atoms in total. The average Bonchev–Trinajstić information content (AvgIpc) is 3.80. The minimum Gasteiger partial charge on any atom is -0.381 e. The van der Waals surface area contributed by atoms with Crippen molar-refractivity contribution in [3.05, 3.63) is 155 Å². The van der Waals surface area contributed by atoms with Gasteiger partial charge >= 0.3 is 0 Å². The summed E-state index contributed by atoms with van der Waals surface area (Å²) in [6.45, 7) is 0. The Kier molecular flexibility index (Phi) is 15.7. The van der Waals surface area contributed by atoms with Crippen LogP contribution in [0.3, 0.4) is 0 Å². The molecule has 6 rings (SSSR count). The number of hydrogen-bond donors (Lipinski definition) is 6. The predicted octanol–water partition coefficient (Wildman–Crippen LogP) is 3.25. The number of nitrogens with two attached hydrogens (primary N) is 2. The Bertz CT molecular complexity index is 2210. The fourth-order valence-corrected chi connectivity index (χ4v) is 6.12. The second-order valence-corrected chi connectivity index (χ2v) is 13.4. The van der Waals surface area contributed by atoms with E-state index in [0.717, 1.165) is 11.1 Å². The third-order valence-electron chi connectivity index (χ3n) is 8.92. The van der Waals surface area contributed by atoms with Gasteiger partial charge < -0.3 is 32.3 Å². The van der Waals surface area contributed by atoms with Crippen LogP contribution in [0.1, 0.15) is 31.8 Å². The number of primary amides is 2. The first-order chi connectivity index (χ1) is 27.7. The van der Waals surface area contributed by atoms with Gasteiger partial charge in [0.1, 0.15) is 23.0 Å². The van der Waals surface area contributed by atoms with Crippen LogP contribution >= 0.6 is 12.4 Å². The molecule has 0 aliphatic heterocycles. The van der Waals surface area contributed by atoms with Gasteiger partial charge in [-0.3, -0.25) is 28.5 Å². The Labute approximate surface area is 344 Å². The van der Waals surface area contributed by atoms with Gasteiger partial charge in [-0.15, -0.1) is 12.4 Å². The zero-order chi connectivity index (χ0) is 41.9. The number of nitrogens with zero attached hydrogens (tertiary/aromatic N) is 4. The molecule has 2 heterocycles.